The summed E-state index contributed by atoms with van der Waals surface area (Å²) in [6.45, 7) is 11.8. The SMILES string of the molecule is CCCCCCCCCCCCCC(=O)O[C@H](COC(=O)CCCCCCCCCC(C)C)COP(=O)(O)OC[C@H](O)COP(=O)(O)OC[C@@H](COC(=O)CCCCCCCCCCC(C)CC)OC(=O)CCCCCCCCCCCCCCCCCC(C)C. The number of aliphatic hydroxyl groups excluding tert-OH is 1. The van der Waals surface area contributed by atoms with Gasteiger partial charge in [-0.15, -0.1) is 0 Å². The monoisotopic (exact) mass is 1340 g/mol. The molecule has 3 N–H and O–H groups in total. The normalized spacial score (nSPS) is 14.5. The van der Waals surface area contributed by atoms with Crippen molar-refractivity contribution in [3.63, 3.8) is 0 Å². The van der Waals surface area contributed by atoms with E-state index in [1.54, 1.807) is 0 Å². The van der Waals surface area contributed by atoms with Crippen molar-refractivity contribution in [2.45, 2.75) is 381 Å². The zero-order chi connectivity index (χ0) is 67.3. The van der Waals surface area contributed by atoms with Gasteiger partial charge in [0, 0.05) is 25.7 Å². The van der Waals surface area contributed by atoms with E-state index in [0.717, 1.165) is 108 Å². The standard InChI is InChI=1S/C72H140O17P2/c1-8-10-11-12-13-14-20-24-33-41-48-55-71(76)89-68(60-83-70(75)54-47-40-35-28-30-37-44-51-64(5)6)62-87-91(80,81)85-58-66(73)57-84-90(78,79)86-61-67(59-82-69(74)53-46-39-32-27-26-31-38-45-52-65(7)9-2)88-72(77)56-49-42-34-25-22-19-17-15-16-18-21-23-29-36-43-50-63(3)4/h63-68,73H,8-62H2,1-7H3,(H,78,79)(H,80,81)/t65?,66-,67-,68-/m1/s1. The Morgan fingerprint density at radius 1 is 0.319 bits per heavy atom. The zero-order valence-corrected chi connectivity index (χ0v) is 61.1. The number of hydrogen-bond acceptors (Lipinski definition) is 15. The molecule has 0 saturated carbocycles. The molecule has 0 bridgehead atoms. The second-order valence-electron chi connectivity index (χ2n) is 27.2. The smallest absolute Gasteiger partial charge is 0.462 e. The van der Waals surface area contributed by atoms with E-state index in [1.165, 1.54) is 167 Å². The van der Waals surface area contributed by atoms with E-state index in [-0.39, 0.29) is 25.7 Å². The number of esters is 4. The van der Waals surface area contributed by atoms with Crippen LogP contribution >= 0.6 is 15.6 Å². The highest BCUT2D eigenvalue weighted by atomic mass is 31.2. The van der Waals surface area contributed by atoms with Gasteiger partial charge in [0.1, 0.15) is 19.3 Å². The zero-order valence-electron chi connectivity index (χ0n) is 59.3. The first-order valence-corrected chi connectivity index (χ1v) is 40.4. The highest BCUT2D eigenvalue weighted by Crippen LogP contribution is 2.45. The van der Waals surface area contributed by atoms with Crippen molar-refractivity contribution in [2.75, 3.05) is 39.6 Å². The number of unbranched alkanes of at least 4 members (excludes halogenated alkanes) is 37. The van der Waals surface area contributed by atoms with Crippen LogP contribution in [-0.4, -0.2) is 96.7 Å². The molecule has 540 valence electrons. The van der Waals surface area contributed by atoms with Crippen molar-refractivity contribution < 1.29 is 80.2 Å². The van der Waals surface area contributed by atoms with Crippen LogP contribution in [-0.2, 0) is 65.4 Å². The van der Waals surface area contributed by atoms with Gasteiger partial charge in [0.05, 0.1) is 26.4 Å². The minimum atomic E-state index is -4.95. The minimum absolute atomic E-state index is 0.106. The summed E-state index contributed by atoms with van der Waals surface area (Å²) >= 11 is 0. The van der Waals surface area contributed by atoms with Crippen LogP contribution in [0, 0.1) is 17.8 Å². The number of carbonyl (C=O) groups excluding carboxylic acids is 4. The van der Waals surface area contributed by atoms with Crippen LogP contribution in [0.1, 0.15) is 363 Å². The van der Waals surface area contributed by atoms with Crippen LogP contribution < -0.4 is 0 Å². The van der Waals surface area contributed by atoms with E-state index in [9.17, 15) is 43.2 Å². The van der Waals surface area contributed by atoms with Crippen molar-refractivity contribution in [1.29, 1.82) is 0 Å². The van der Waals surface area contributed by atoms with Gasteiger partial charge in [0.25, 0.3) is 0 Å². The molecule has 0 saturated heterocycles. The van der Waals surface area contributed by atoms with Crippen LogP contribution in [0.4, 0.5) is 0 Å². The molecule has 3 unspecified atom stereocenters. The first-order chi connectivity index (χ1) is 43.8. The van der Waals surface area contributed by atoms with E-state index in [2.05, 4.69) is 48.5 Å². The maximum absolute atomic E-state index is 13.0. The molecule has 0 aliphatic rings. The molecule has 0 aromatic rings. The molecule has 0 aromatic heterocycles. The molecule has 0 aromatic carbocycles. The Balaban J connectivity index is 5.23. The molecule has 0 spiro atoms. The van der Waals surface area contributed by atoms with E-state index >= 15 is 0 Å². The number of ether oxygens (including phenoxy) is 4. The lowest BCUT2D eigenvalue weighted by molar-refractivity contribution is -0.161. The number of phosphoric ester groups is 2. The van der Waals surface area contributed by atoms with Gasteiger partial charge in [-0.25, -0.2) is 9.13 Å². The van der Waals surface area contributed by atoms with Crippen molar-refractivity contribution in [3.05, 3.63) is 0 Å². The molecule has 91 heavy (non-hydrogen) atoms. The van der Waals surface area contributed by atoms with Crippen molar-refractivity contribution in [2.24, 2.45) is 17.8 Å². The molecule has 0 aliphatic heterocycles. The van der Waals surface area contributed by atoms with E-state index in [1.807, 2.05) is 0 Å². The minimum Gasteiger partial charge on any atom is -0.462 e. The Morgan fingerprint density at radius 2 is 0.560 bits per heavy atom. The number of phosphoric acid groups is 2. The summed E-state index contributed by atoms with van der Waals surface area (Å²) in [5.41, 5.74) is 0. The summed E-state index contributed by atoms with van der Waals surface area (Å²) in [6, 6.07) is 0. The summed E-state index contributed by atoms with van der Waals surface area (Å²) in [6.07, 6.45) is 47.2. The van der Waals surface area contributed by atoms with Gasteiger partial charge in [-0.1, -0.05) is 312 Å². The van der Waals surface area contributed by atoms with Gasteiger partial charge in [0.15, 0.2) is 12.2 Å². The summed E-state index contributed by atoms with van der Waals surface area (Å²) in [5.74, 6) is 0.161. The molecule has 0 aliphatic carbocycles. The highest BCUT2D eigenvalue weighted by Gasteiger charge is 2.30. The number of hydrogen-bond donors (Lipinski definition) is 3. The van der Waals surface area contributed by atoms with Gasteiger partial charge in [-0.2, -0.15) is 0 Å². The first kappa shape index (κ1) is 89.1. The lowest BCUT2D eigenvalue weighted by Gasteiger charge is -2.21. The van der Waals surface area contributed by atoms with Gasteiger partial charge in [-0.05, 0) is 43.4 Å². The second kappa shape index (κ2) is 62.8. The first-order valence-electron chi connectivity index (χ1n) is 37.4. The van der Waals surface area contributed by atoms with E-state index in [4.69, 9.17) is 37.0 Å². The van der Waals surface area contributed by atoms with Gasteiger partial charge >= 0.3 is 39.5 Å². The van der Waals surface area contributed by atoms with Crippen molar-refractivity contribution >= 4 is 39.5 Å². The Morgan fingerprint density at radius 3 is 0.835 bits per heavy atom. The summed E-state index contributed by atoms with van der Waals surface area (Å²) in [7, 11) is -9.90. The predicted octanol–water partition coefficient (Wildman–Crippen LogP) is 20.6. The maximum atomic E-state index is 13.0. The molecule has 0 fully saturated rings. The maximum Gasteiger partial charge on any atom is 0.472 e. The largest absolute Gasteiger partial charge is 0.472 e. The number of aliphatic hydroxyl groups is 1. The fourth-order valence-electron chi connectivity index (χ4n) is 10.9. The van der Waals surface area contributed by atoms with Crippen molar-refractivity contribution in [1.82, 2.24) is 0 Å². The van der Waals surface area contributed by atoms with E-state index < -0.39 is 97.5 Å². The van der Waals surface area contributed by atoms with Crippen molar-refractivity contribution in [3.8, 4) is 0 Å². The molecular formula is C72H140O17P2. The molecule has 17 nitrogen and oxygen atoms in total. The third kappa shape index (κ3) is 65.1. The second-order valence-corrected chi connectivity index (χ2v) is 30.1. The number of rotatable bonds is 70. The molecule has 0 heterocycles. The molecule has 19 heteroatoms. The average molecular weight is 1340 g/mol. The summed E-state index contributed by atoms with van der Waals surface area (Å²) in [4.78, 5) is 72.6. The van der Waals surface area contributed by atoms with Gasteiger partial charge in [0.2, 0.25) is 0 Å². The topological polar surface area (TPSA) is 237 Å². The van der Waals surface area contributed by atoms with Crippen LogP contribution in [0.25, 0.3) is 0 Å². The van der Waals surface area contributed by atoms with E-state index in [0.29, 0.717) is 31.6 Å². The third-order valence-corrected chi connectivity index (χ3v) is 18.9. The Kier molecular flexibility index (Phi) is 61.5. The van der Waals surface area contributed by atoms with Crippen LogP contribution in [0.3, 0.4) is 0 Å². The molecule has 6 atom stereocenters. The Labute approximate surface area is 556 Å². The Bertz CT molecular complexity index is 1790. The van der Waals surface area contributed by atoms with Gasteiger partial charge in [-0.3, -0.25) is 37.3 Å². The molecule has 0 rings (SSSR count). The number of carbonyl (C=O) groups is 4. The summed E-state index contributed by atoms with van der Waals surface area (Å²) in [5, 5.41) is 10.6. The highest BCUT2D eigenvalue weighted by molar-refractivity contribution is 7.47. The van der Waals surface area contributed by atoms with Gasteiger partial charge < -0.3 is 33.8 Å². The average Bonchev–Trinajstić information content (AvgIpc) is 3.35. The van der Waals surface area contributed by atoms with Crippen LogP contribution in [0.15, 0.2) is 0 Å². The fourth-order valence-corrected chi connectivity index (χ4v) is 12.4. The third-order valence-electron chi connectivity index (χ3n) is 17.0. The molecule has 0 amide bonds. The Hall–Kier alpha value is -1.94. The lowest BCUT2D eigenvalue weighted by atomic mass is 9.99. The lowest BCUT2D eigenvalue weighted by Crippen LogP contribution is -2.30. The summed E-state index contributed by atoms with van der Waals surface area (Å²) < 4.78 is 68.3. The van der Waals surface area contributed by atoms with Crippen LogP contribution in [0.2, 0.25) is 0 Å². The molecular weight excluding hydrogens is 1200 g/mol. The molecule has 0 radical (unpaired) electrons. The van der Waals surface area contributed by atoms with Crippen LogP contribution in [0.5, 0.6) is 0 Å². The fraction of sp³-hybridized carbons (Fsp3) is 0.944. The predicted molar refractivity (Wildman–Crippen MR) is 368 cm³/mol. The quantitative estimate of drug-likeness (QED) is 0.0222.